The summed E-state index contributed by atoms with van der Waals surface area (Å²) >= 11 is 5.86. The minimum atomic E-state index is -0.611. The van der Waals surface area contributed by atoms with Crippen molar-refractivity contribution in [2.45, 2.75) is 31.4 Å². The summed E-state index contributed by atoms with van der Waals surface area (Å²) in [5.41, 5.74) is 0.224. The maximum Gasteiger partial charge on any atom is 0.156 e. The number of benzene rings is 1. The molecule has 1 aliphatic rings. The molecular formula is C18H17ClN4O2. The Bertz CT molecular complexity index is 953. The van der Waals surface area contributed by atoms with E-state index in [2.05, 4.69) is 20.5 Å². The van der Waals surface area contributed by atoms with Crippen molar-refractivity contribution in [1.82, 2.24) is 15.2 Å². The fraction of sp³-hybridized carbons (Fsp3) is 0.278. The Morgan fingerprint density at radius 2 is 1.88 bits per heavy atom. The number of rotatable bonds is 3. The Hall–Kier alpha value is -2.44. The maximum absolute atomic E-state index is 10.2. The minimum Gasteiger partial charge on any atom is -0.506 e. The lowest BCUT2D eigenvalue weighted by molar-refractivity contribution is -0.0235. The first-order valence-corrected chi connectivity index (χ1v) is 8.40. The van der Waals surface area contributed by atoms with Crippen molar-refractivity contribution in [3.63, 3.8) is 0 Å². The number of hydrogen-bond acceptors (Lipinski definition) is 6. The second-order valence-electron chi connectivity index (χ2n) is 6.71. The van der Waals surface area contributed by atoms with E-state index in [9.17, 15) is 10.2 Å². The second kappa shape index (κ2) is 5.82. The highest BCUT2D eigenvalue weighted by Gasteiger charge is 2.38. The molecule has 3 aromatic rings. The van der Waals surface area contributed by atoms with Gasteiger partial charge < -0.3 is 15.5 Å². The third kappa shape index (κ3) is 2.99. The van der Waals surface area contributed by atoms with Crippen LogP contribution in [-0.4, -0.2) is 37.0 Å². The van der Waals surface area contributed by atoms with Crippen molar-refractivity contribution >= 4 is 28.2 Å². The van der Waals surface area contributed by atoms with E-state index >= 15 is 0 Å². The Morgan fingerprint density at radius 3 is 2.56 bits per heavy atom. The van der Waals surface area contributed by atoms with Gasteiger partial charge in [0.1, 0.15) is 17.1 Å². The fourth-order valence-electron chi connectivity index (χ4n) is 3.29. The molecule has 2 heterocycles. The highest BCUT2D eigenvalue weighted by atomic mass is 35.5. The molecular weight excluding hydrogens is 340 g/mol. The molecule has 0 amide bonds. The number of hydrogen-bond donors (Lipinski definition) is 3. The molecule has 1 aromatic carbocycles. The molecule has 0 radical (unpaired) electrons. The van der Waals surface area contributed by atoms with Gasteiger partial charge in [-0.2, -0.15) is 0 Å². The lowest BCUT2D eigenvalue weighted by Gasteiger charge is -2.41. The van der Waals surface area contributed by atoms with Crippen molar-refractivity contribution in [2.24, 2.45) is 0 Å². The van der Waals surface area contributed by atoms with Crippen LogP contribution in [-0.2, 0) is 0 Å². The Morgan fingerprint density at radius 1 is 1.16 bits per heavy atom. The monoisotopic (exact) mass is 356 g/mol. The van der Waals surface area contributed by atoms with Crippen molar-refractivity contribution < 1.29 is 10.2 Å². The standard InChI is InChI=1S/C18H17ClN4O2/c1-18(25)7-11(8-18)21-17-13-5-3-2-4-12(13)15(22-23-17)16-14(24)6-10(19)9-20-16/h2-6,9,11,24-25H,7-8H2,1H3,(H,21,23). The zero-order valence-corrected chi connectivity index (χ0v) is 14.3. The van der Waals surface area contributed by atoms with E-state index in [1.165, 1.54) is 12.3 Å². The van der Waals surface area contributed by atoms with E-state index in [-0.39, 0.29) is 11.8 Å². The lowest BCUT2D eigenvalue weighted by Crippen LogP contribution is -2.48. The summed E-state index contributed by atoms with van der Waals surface area (Å²) in [5.74, 6) is 0.621. The Labute approximate surface area is 149 Å². The SMILES string of the molecule is CC1(O)CC(Nc2nnc(-c3ncc(Cl)cc3O)c3ccccc23)C1. The quantitative estimate of drug-likeness (QED) is 0.666. The number of aromatic nitrogens is 3. The average molecular weight is 357 g/mol. The van der Waals surface area contributed by atoms with Crippen LogP contribution in [0.1, 0.15) is 19.8 Å². The predicted molar refractivity (Wildman–Crippen MR) is 96.7 cm³/mol. The third-order valence-corrected chi connectivity index (χ3v) is 4.67. The van der Waals surface area contributed by atoms with Crippen molar-refractivity contribution in [1.29, 1.82) is 0 Å². The zero-order chi connectivity index (χ0) is 17.6. The lowest BCUT2D eigenvalue weighted by atomic mass is 9.77. The number of fused-ring (bicyclic) bond motifs is 1. The number of anilines is 1. The van der Waals surface area contributed by atoms with E-state index in [0.717, 1.165) is 10.8 Å². The highest BCUT2D eigenvalue weighted by Crippen LogP contribution is 2.37. The minimum absolute atomic E-state index is 0.0392. The van der Waals surface area contributed by atoms with Crippen LogP contribution < -0.4 is 5.32 Å². The molecule has 2 aromatic heterocycles. The predicted octanol–water partition coefficient (Wildman–Crippen LogP) is 3.38. The number of pyridine rings is 1. The molecule has 6 nitrogen and oxygen atoms in total. The van der Waals surface area contributed by atoms with Gasteiger partial charge in [-0.3, -0.25) is 0 Å². The first kappa shape index (κ1) is 16.1. The average Bonchev–Trinajstić information content (AvgIpc) is 2.54. The van der Waals surface area contributed by atoms with Crippen molar-refractivity contribution in [3.8, 4) is 17.1 Å². The first-order chi connectivity index (χ1) is 11.9. The molecule has 7 heteroatoms. The van der Waals surface area contributed by atoms with Gasteiger partial charge in [-0.25, -0.2) is 4.98 Å². The molecule has 1 aliphatic carbocycles. The summed E-state index contributed by atoms with van der Waals surface area (Å²) in [5, 5.41) is 34.0. The van der Waals surface area contributed by atoms with Crippen molar-refractivity contribution in [2.75, 3.05) is 5.32 Å². The molecule has 0 bridgehead atoms. The summed E-state index contributed by atoms with van der Waals surface area (Å²) in [6.45, 7) is 1.83. The summed E-state index contributed by atoms with van der Waals surface area (Å²) in [7, 11) is 0. The molecule has 1 fully saturated rings. The van der Waals surface area contributed by atoms with Gasteiger partial charge in [-0.1, -0.05) is 35.9 Å². The molecule has 0 saturated heterocycles. The van der Waals surface area contributed by atoms with Gasteiger partial charge >= 0.3 is 0 Å². The molecule has 0 spiro atoms. The van der Waals surface area contributed by atoms with Crippen LogP contribution in [0.15, 0.2) is 36.5 Å². The van der Waals surface area contributed by atoms with Crippen LogP contribution >= 0.6 is 11.6 Å². The van der Waals surface area contributed by atoms with Gasteiger partial charge in [0.25, 0.3) is 0 Å². The fourth-order valence-corrected chi connectivity index (χ4v) is 3.45. The van der Waals surface area contributed by atoms with E-state index in [0.29, 0.717) is 35.1 Å². The maximum atomic E-state index is 10.2. The van der Waals surface area contributed by atoms with Gasteiger partial charge in [-0.05, 0) is 19.8 Å². The normalized spacial score (nSPS) is 22.6. The van der Waals surface area contributed by atoms with E-state index in [1.807, 2.05) is 31.2 Å². The van der Waals surface area contributed by atoms with Crippen LogP contribution in [0, 0.1) is 0 Å². The van der Waals surface area contributed by atoms with Crippen LogP contribution in [0.3, 0.4) is 0 Å². The summed E-state index contributed by atoms with van der Waals surface area (Å²) < 4.78 is 0. The molecule has 3 N–H and O–H groups in total. The third-order valence-electron chi connectivity index (χ3n) is 4.46. The highest BCUT2D eigenvalue weighted by molar-refractivity contribution is 6.30. The first-order valence-electron chi connectivity index (χ1n) is 8.02. The summed E-state index contributed by atoms with van der Waals surface area (Å²) in [6.07, 6.45) is 2.81. The smallest absolute Gasteiger partial charge is 0.156 e. The molecule has 1 saturated carbocycles. The molecule has 0 atom stereocenters. The van der Waals surface area contributed by atoms with Crippen LogP contribution in [0.5, 0.6) is 5.75 Å². The molecule has 0 unspecified atom stereocenters. The van der Waals surface area contributed by atoms with Crippen molar-refractivity contribution in [3.05, 3.63) is 41.6 Å². The number of nitrogens with zero attached hydrogens (tertiary/aromatic N) is 3. The van der Waals surface area contributed by atoms with Gasteiger partial charge in [-0.15, -0.1) is 10.2 Å². The van der Waals surface area contributed by atoms with E-state index in [1.54, 1.807) is 0 Å². The molecule has 128 valence electrons. The summed E-state index contributed by atoms with van der Waals surface area (Å²) in [4.78, 5) is 4.20. The van der Waals surface area contributed by atoms with Gasteiger partial charge in [0.05, 0.1) is 10.6 Å². The Kier molecular flexibility index (Phi) is 3.74. The van der Waals surface area contributed by atoms with E-state index < -0.39 is 5.60 Å². The molecule has 4 rings (SSSR count). The number of nitrogens with one attached hydrogen (secondary N) is 1. The van der Waals surface area contributed by atoms with Gasteiger partial charge in [0, 0.05) is 29.1 Å². The van der Waals surface area contributed by atoms with Crippen LogP contribution in [0.4, 0.5) is 5.82 Å². The zero-order valence-electron chi connectivity index (χ0n) is 13.6. The Balaban J connectivity index is 1.77. The largest absolute Gasteiger partial charge is 0.506 e. The second-order valence-corrected chi connectivity index (χ2v) is 7.15. The molecule has 0 aliphatic heterocycles. The van der Waals surface area contributed by atoms with Crippen LogP contribution in [0.2, 0.25) is 5.02 Å². The topological polar surface area (TPSA) is 91.2 Å². The number of aromatic hydroxyl groups is 1. The van der Waals surface area contributed by atoms with Crippen LogP contribution in [0.25, 0.3) is 22.2 Å². The number of aliphatic hydroxyl groups is 1. The van der Waals surface area contributed by atoms with E-state index in [4.69, 9.17) is 11.6 Å². The summed E-state index contributed by atoms with van der Waals surface area (Å²) in [6, 6.07) is 9.28. The number of halogens is 1. The van der Waals surface area contributed by atoms with Gasteiger partial charge in [0.2, 0.25) is 0 Å². The molecule has 25 heavy (non-hydrogen) atoms. The van der Waals surface area contributed by atoms with Gasteiger partial charge in [0.15, 0.2) is 5.82 Å².